The third kappa shape index (κ3) is 5.07. The number of halogens is 1. The monoisotopic (exact) mass is 426 g/mol. The molecular formula is C20H31BrN2O3. The summed E-state index contributed by atoms with van der Waals surface area (Å²) >= 11 is 0. The van der Waals surface area contributed by atoms with Gasteiger partial charge < -0.3 is 31.5 Å². The number of hydrogen-bond acceptors (Lipinski definition) is 3. The number of piperidine rings is 1. The Labute approximate surface area is 167 Å². The Morgan fingerprint density at radius 1 is 1.23 bits per heavy atom. The van der Waals surface area contributed by atoms with Crippen molar-refractivity contribution in [2.45, 2.75) is 52.5 Å². The summed E-state index contributed by atoms with van der Waals surface area (Å²) in [4.78, 5) is 25.2. The molecule has 26 heavy (non-hydrogen) atoms. The van der Waals surface area contributed by atoms with Gasteiger partial charge in [0.2, 0.25) is 0 Å². The molecule has 0 spiro atoms. The molecule has 1 amide bonds. The van der Waals surface area contributed by atoms with E-state index in [4.69, 9.17) is 4.74 Å². The van der Waals surface area contributed by atoms with E-state index < -0.39 is 0 Å². The molecule has 1 aliphatic heterocycles. The third-order valence-electron chi connectivity index (χ3n) is 5.36. The summed E-state index contributed by atoms with van der Waals surface area (Å²) in [6, 6.07) is 5.81. The first-order valence-electron chi connectivity index (χ1n) is 9.23. The molecule has 1 saturated heterocycles. The molecule has 0 saturated carbocycles. The lowest BCUT2D eigenvalue weighted by Crippen LogP contribution is -3.00. The fraction of sp³-hybridized carbons (Fsp3) is 0.600. The lowest BCUT2D eigenvalue weighted by atomic mass is 9.96. The molecule has 1 fully saturated rings. The first kappa shape index (κ1) is 22.6. The van der Waals surface area contributed by atoms with Crippen LogP contribution in [0.4, 0.5) is 5.69 Å². The van der Waals surface area contributed by atoms with Gasteiger partial charge in [-0.3, -0.25) is 4.79 Å². The summed E-state index contributed by atoms with van der Waals surface area (Å²) < 4.78 is 5.44. The smallest absolute Gasteiger partial charge is 0.361 e. The number of nitrogens with zero attached hydrogens (tertiary/aromatic N) is 1. The highest BCUT2D eigenvalue weighted by Gasteiger charge is 2.45. The summed E-state index contributed by atoms with van der Waals surface area (Å²) in [5, 5.41) is 3.15. The molecule has 2 unspecified atom stereocenters. The molecule has 0 radical (unpaired) electrons. The number of aryl methyl sites for hydroxylation is 2. The minimum Gasteiger partial charge on any atom is -1.00 e. The number of hydrogen-bond donors (Lipinski definition) is 1. The van der Waals surface area contributed by atoms with Gasteiger partial charge in [-0.2, -0.15) is 0 Å². The predicted molar refractivity (Wildman–Crippen MR) is 99.4 cm³/mol. The van der Waals surface area contributed by atoms with Crippen molar-refractivity contribution in [2.75, 3.05) is 32.1 Å². The number of methoxy groups -OCH3 is 1. The van der Waals surface area contributed by atoms with E-state index in [1.807, 2.05) is 32.0 Å². The van der Waals surface area contributed by atoms with Gasteiger partial charge in [0, 0.05) is 12.1 Å². The van der Waals surface area contributed by atoms with Crippen LogP contribution in [0.3, 0.4) is 0 Å². The molecule has 146 valence electrons. The van der Waals surface area contributed by atoms with Crippen molar-refractivity contribution < 1.29 is 35.8 Å². The van der Waals surface area contributed by atoms with E-state index in [0.29, 0.717) is 4.48 Å². The molecule has 2 rings (SSSR count). The van der Waals surface area contributed by atoms with Crippen molar-refractivity contribution in [3.05, 3.63) is 29.3 Å². The van der Waals surface area contributed by atoms with E-state index in [1.165, 1.54) is 7.11 Å². The molecule has 0 bridgehead atoms. The number of quaternary nitrogens is 1. The molecule has 5 nitrogen and oxygen atoms in total. The van der Waals surface area contributed by atoms with Crippen molar-refractivity contribution in [3.8, 4) is 0 Å². The number of anilines is 1. The normalized spacial score (nSPS) is 22.2. The quantitative estimate of drug-likeness (QED) is 0.522. The second kappa shape index (κ2) is 10.1. The van der Waals surface area contributed by atoms with Gasteiger partial charge in [0.05, 0.1) is 20.2 Å². The number of ether oxygens (including phenoxy) is 1. The Kier molecular flexibility index (Phi) is 8.77. The first-order chi connectivity index (χ1) is 11.9. The van der Waals surface area contributed by atoms with Gasteiger partial charge in [-0.15, -0.1) is 0 Å². The highest BCUT2D eigenvalue weighted by Crippen LogP contribution is 2.29. The van der Waals surface area contributed by atoms with Crippen LogP contribution < -0.4 is 22.3 Å². The van der Waals surface area contributed by atoms with Gasteiger partial charge in [-0.25, -0.2) is 4.79 Å². The SMILES string of the molecule is CCC[N+]1(CC(=O)OC)CCCCC1C(=O)Nc1c(C)cccc1C.[Br-]. The average Bonchev–Trinajstić information content (AvgIpc) is 2.58. The van der Waals surface area contributed by atoms with Crippen molar-refractivity contribution in [3.63, 3.8) is 0 Å². The zero-order valence-corrected chi connectivity index (χ0v) is 17.9. The summed E-state index contributed by atoms with van der Waals surface area (Å²) in [5.41, 5.74) is 3.02. The molecule has 1 aromatic carbocycles. The van der Waals surface area contributed by atoms with Crippen molar-refractivity contribution in [1.29, 1.82) is 0 Å². The van der Waals surface area contributed by atoms with Gasteiger partial charge in [-0.1, -0.05) is 25.1 Å². The van der Waals surface area contributed by atoms with Crippen LogP contribution in [0.1, 0.15) is 43.7 Å². The van der Waals surface area contributed by atoms with E-state index in [1.54, 1.807) is 0 Å². The molecule has 6 heteroatoms. The number of nitrogens with one attached hydrogen (secondary N) is 1. The summed E-state index contributed by atoms with van der Waals surface area (Å²) in [7, 11) is 1.42. The van der Waals surface area contributed by atoms with Crippen LogP contribution in [-0.4, -0.2) is 49.1 Å². The maximum atomic E-state index is 13.2. The van der Waals surface area contributed by atoms with E-state index >= 15 is 0 Å². The van der Waals surface area contributed by atoms with Gasteiger partial charge in [0.15, 0.2) is 12.6 Å². The van der Waals surface area contributed by atoms with E-state index in [2.05, 4.69) is 12.2 Å². The largest absolute Gasteiger partial charge is 1.00 e. The molecule has 1 aromatic rings. The number of amides is 1. The molecule has 1 N–H and O–H groups in total. The Morgan fingerprint density at radius 2 is 1.88 bits per heavy atom. The van der Waals surface area contributed by atoms with E-state index in [-0.39, 0.29) is 41.4 Å². The van der Waals surface area contributed by atoms with Crippen LogP contribution in [0, 0.1) is 13.8 Å². The Hall–Kier alpha value is -1.40. The fourth-order valence-electron chi connectivity index (χ4n) is 4.09. The highest BCUT2D eigenvalue weighted by molar-refractivity contribution is 5.95. The molecule has 1 heterocycles. The maximum absolute atomic E-state index is 13.2. The third-order valence-corrected chi connectivity index (χ3v) is 5.36. The first-order valence-corrected chi connectivity index (χ1v) is 9.23. The molecule has 1 aliphatic rings. The lowest BCUT2D eigenvalue weighted by Gasteiger charge is -2.46. The predicted octanol–water partition coefficient (Wildman–Crippen LogP) is 0.198. The number of likely N-dealkylation sites (tertiary alicyclic amines) is 1. The molecular weight excluding hydrogens is 396 g/mol. The van der Waals surface area contributed by atoms with Crippen molar-refractivity contribution in [1.82, 2.24) is 0 Å². The van der Waals surface area contributed by atoms with Crippen LogP contribution in [0.25, 0.3) is 0 Å². The second-order valence-corrected chi connectivity index (χ2v) is 7.17. The summed E-state index contributed by atoms with van der Waals surface area (Å²) in [6.07, 6.45) is 3.82. The van der Waals surface area contributed by atoms with Crippen LogP contribution in [-0.2, 0) is 14.3 Å². The second-order valence-electron chi connectivity index (χ2n) is 7.17. The zero-order chi connectivity index (χ0) is 18.4. The average molecular weight is 427 g/mol. The number of esters is 1. The van der Waals surface area contributed by atoms with Crippen LogP contribution in [0.2, 0.25) is 0 Å². The Bertz CT molecular complexity index is 611. The molecule has 2 atom stereocenters. The summed E-state index contributed by atoms with van der Waals surface area (Å²) in [6.45, 7) is 8.06. The Morgan fingerprint density at radius 3 is 2.46 bits per heavy atom. The van der Waals surface area contributed by atoms with Crippen LogP contribution >= 0.6 is 0 Å². The van der Waals surface area contributed by atoms with Gasteiger partial charge in [-0.05, 0) is 44.2 Å². The minimum atomic E-state index is -0.236. The number of carbonyl (C=O) groups is 2. The topological polar surface area (TPSA) is 55.4 Å². The lowest BCUT2D eigenvalue weighted by molar-refractivity contribution is -0.940. The van der Waals surface area contributed by atoms with E-state index in [9.17, 15) is 9.59 Å². The van der Waals surface area contributed by atoms with Gasteiger partial charge >= 0.3 is 5.97 Å². The highest BCUT2D eigenvalue weighted by atomic mass is 79.9. The van der Waals surface area contributed by atoms with E-state index in [0.717, 1.165) is 55.6 Å². The van der Waals surface area contributed by atoms with Crippen LogP contribution in [0.5, 0.6) is 0 Å². The fourth-order valence-corrected chi connectivity index (χ4v) is 4.09. The zero-order valence-electron chi connectivity index (χ0n) is 16.3. The van der Waals surface area contributed by atoms with Gasteiger partial charge in [0.25, 0.3) is 5.91 Å². The van der Waals surface area contributed by atoms with Crippen molar-refractivity contribution >= 4 is 17.6 Å². The van der Waals surface area contributed by atoms with Crippen LogP contribution in [0.15, 0.2) is 18.2 Å². The van der Waals surface area contributed by atoms with Gasteiger partial charge in [0.1, 0.15) is 0 Å². The summed E-state index contributed by atoms with van der Waals surface area (Å²) in [5.74, 6) is -0.213. The standard InChI is InChI=1S/C20H30N2O3.BrH/c1-5-12-22(14-18(23)25-4)13-7-6-11-17(22)20(24)21-19-15(2)9-8-10-16(19)3;/h8-10,17H,5-7,11-14H2,1-4H3;1H. The maximum Gasteiger partial charge on any atom is 0.361 e. The number of benzene rings is 1. The number of carbonyl (C=O) groups excluding carboxylic acids is 2. The van der Waals surface area contributed by atoms with Crippen molar-refractivity contribution in [2.24, 2.45) is 0 Å². The minimum absolute atomic E-state index is 0. The molecule has 0 aromatic heterocycles. The Balaban J connectivity index is 0.00000338. The number of rotatable bonds is 6. The number of para-hydroxylation sites is 1. The molecule has 0 aliphatic carbocycles.